The van der Waals surface area contributed by atoms with Gasteiger partial charge in [-0.25, -0.2) is 4.79 Å². The van der Waals surface area contributed by atoms with Crippen LogP contribution in [0.3, 0.4) is 0 Å². The Labute approximate surface area is 153 Å². The number of amides is 2. The molecule has 0 aliphatic carbocycles. The SMILES string of the molecule is O=C(NC1CCN(C(=O)CCCOc2ccccc2)CC1)OCCCl. The van der Waals surface area contributed by atoms with E-state index in [1.165, 1.54) is 0 Å². The second-order valence-corrected chi connectivity index (χ2v) is 6.27. The van der Waals surface area contributed by atoms with E-state index in [0.717, 1.165) is 18.6 Å². The number of nitrogens with one attached hydrogen (secondary N) is 1. The van der Waals surface area contributed by atoms with Crippen molar-refractivity contribution in [1.82, 2.24) is 10.2 Å². The summed E-state index contributed by atoms with van der Waals surface area (Å²) in [6.45, 7) is 2.04. The van der Waals surface area contributed by atoms with Crippen molar-refractivity contribution < 1.29 is 19.1 Å². The molecule has 1 heterocycles. The van der Waals surface area contributed by atoms with Crippen LogP contribution in [0.2, 0.25) is 0 Å². The van der Waals surface area contributed by atoms with E-state index in [-0.39, 0.29) is 24.4 Å². The highest BCUT2D eigenvalue weighted by Crippen LogP contribution is 2.13. The van der Waals surface area contributed by atoms with Crippen LogP contribution in [0.4, 0.5) is 4.79 Å². The average Bonchev–Trinajstić information content (AvgIpc) is 2.65. The number of carbonyl (C=O) groups is 2. The van der Waals surface area contributed by atoms with Crippen molar-refractivity contribution in [3.05, 3.63) is 30.3 Å². The molecular weight excluding hydrogens is 344 g/mol. The Morgan fingerprint density at radius 3 is 2.56 bits per heavy atom. The molecule has 1 saturated heterocycles. The number of benzene rings is 1. The van der Waals surface area contributed by atoms with Crippen molar-refractivity contribution in [2.45, 2.75) is 31.7 Å². The van der Waals surface area contributed by atoms with Gasteiger partial charge in [-0.1, -0.05) is 18.2 Å². The summed E-state index contributed by atoms with van der Waals surface area (Å²) >= 11 is 5.47. The molecule has 1 aromatic carbocycles. The molecule has 7 heteroatoms. The average molecular weight is 369 g/mol. The Hall–Kier alpha value is -1.95. The van der Waals surface area contributed by atoms with E-state index < -0.39 is 6.09 Å². The normalized spacial score (nSPS) is 14.8. The van der Waals surface area contributed by atoms with E-state index in [0.29, 0.717) is 32.5 Å². The first kappa shape index (κ1) is 19.4. The van der Waals surface area contributed by atoms with Crippen molar-refractivity contribution >= 4 is 23.6 Å². The zero-order valence-corrected chi connectivity index (χ0v) is 15.0. The zero-order chi connectivity index (χ0) is 17.9. The largest absolute Gasteiger partial charge is 0.494 e. The molecule has 1 aliphatic rings. The minimum absolute atomic E-state index is 0.0493. The quantitative estimate of drug-likeness (QED) is 0.566. The van der Waals surface area contributed by atoms with Crippen LogP contribution in [0.1, 0.15) is 25.7 Å². The molecule has 1 N–H and O–H groups in total. The number of hydrogen-bond donors (Lipinski definition) is 1. The number of likely N-dealkylation sites (tertiary alicyclic amines) is 1. The molecule has 2 amide bonds. The van der Waals surface area contributed by atoms with Gasteiger partial charge in [-0.3, -0.25) is 4.79 Å². The van der Waals surface area contributed by atoms with Crippen molar-refractivity contribution in [2.75, 3.05) is 32.2 Å². The molecule has 0 saturated carbocycles. The van der Waals surface area contributed by atoms with Gasteiger partial charge < -0.3 is 19.7 Å². The number of ether oxygens (including phenoxy) is 2. The summed E-state index contributed by atoms with van der Waals surface area (Å²) in [7, 11) is 0. The second kappa shape index (κ2) is 10.8. The lowest BCUT2D eigenvalue weighted by Crippen LogP contribution is -2.46. The first-order valence-corrected chi connectivity index (χ1v) is 9.17. The molecule has 0 unspecified atom stereocenters. The van der Waals surface area contributed by atoms with E-state index in [2.05, 4.69) is 5.32 Å². The minimum Gasteiger partial charge on any atom is -0.494 e. The van der Waals surface area contributed by atoms with Crippen LogP contribution in [0.25, 0.3) is 0 Å². The lowest BCUT2D eigenvalue weighted by Gasteiger charge is -2.32. The molecule has 2 rings (SSSR count). The molecule has 0 spiro atoms. The van der Waals surface area contributed by atoms with Gasteiger partial charge in [0.25, 0.3) is 0 Å². The number of nitrogens with zero attached hydrogens (tertiary/aromatic N) is 1. The first-order chi connectivity index (χ1) is 12.2. The summed E-state index contributed by atoms with van der Waals surface area (Å²) < 4.78 is 10.5. The third-order valence-electron chi connectivity index (χ3n) is 4.03. The number of alkyl carbamates (subject to hydrolysis) is 1. The minimum atomic E-state index is -0.441. The number of alkyl halides is 1. The van der Waals surface area contributed by atoms with Crippen LogP contribution in [-0.4, -0.2) is 55.1 Å². The molecular formula is C18H25ClN2O4. The van der Waals surface area contributed by atoms with Gasteiger partial charge >= 0.3 is 6.09 Å². The molecule has 0 atom stereocenters. The Bertz CT molecular complexity index is 533. The summed E-state index contributed by atoms with van der Waals surface area (Å²) in [4.78, 5) is 25.6. The number of piperidine rings is 1. The Morgan fingerprint density at radius 2 is 1.88 bits per heavy atom. The first-order valence-electron chi connectivity index (χ1n) is 8.64. The Morgan fingerprint density at radius 1 is 1.16 bits per heavy atom. The summed E-state index contributed by atoms with van der Waals surface area (Å²) in [5, 5.41) is 2.81. The van der Waals surface area contributed by atoms with Crippen LogP contribution in [-0.2, 0) is 9.53 Å². The summed E-state index contributed by atoms with van der Waals surface area (Å²) in [5.74, 6) is 1.25. The maximum absolute atomic E-state index is 12.2. The van der Waals surface area contributed by atoms with Gasteiger partial charge in [-0.2, -0.15) is 0 Å². The van der Waals surface area contributed by atoms with Crippen molar-refractivity contribution in [3.8, 4) is 5.75 Å². The number of rotatable bonds is 8. The van der Waals surface area contributed by atoms with Crippen molar-refractivity contribution in [2.24, 2.45) is 0 Å². The molecule has 1 aromatic rings. The fourth-order valence-corrected chi connectivity index (χ4v) is 2.78. The molecule has 1 fully saturated rings. The molecule has 1 aliphatic heterocycles. The topological polar surface area (TPSA) is 67.9 Å². The monoisotopic (exact) mass is 368 g/mol. The molecule has 25 heavy (non-hydrogen) atoms. The van der Waals surface area contributed by atoms with Crippen LogP contribution in [0, 0.1) is 0 Å². The molecule has 138 valence electrons. The molecule has 0 aromatic heterocycles. The van der Waals surface area contributed by atoms with Crippen LogP contribution < -0.4 is 10.1 Å². The Kier molecular flexibility index (Phi) is 8.39. The zero-order valence-electron chi connectivity index (χ0n) is 14.3. The number of carbonyl (C=O) groups excluding carboxylic acids is 2. The predicted octanol–water partition coefficient (Wildman–Crippen LogP) is 2.80. The van der Waals surface area contributed by atoms with Crippen molar-refractivity contribution in [1.29, 1.82) is 0 Å². The predicted molar refractivity (Wildman–Crippen MR) is 96.0 cm³/mol. The maximum Gasteiger partial charge on any atom is 0.407 e. The second-order valence-electron chi connectivity index (χ2n) is 5.89. The van der Waals surface area contributed by atoms with Crippen LogP contribution >= 0.6 is 11.6 Å². The molecule has 0 radical (unpaired) electrons. The Balaban J connectivity index is 1.58. The highest BCUT2D eigenvalue weighted by Gasteiger charge is 2.23. The highest BCUT2D eigenvalue weighted by atomic mass is 35.5. The van der Waals surface area contributed by atoms with E-state index in [9.17, 15) is 9.59 Å². The van der Waals surface area contributed by atoms with Gasteiger partial charge in [-0.05, 0) is 31.4 Å². The van der Waals surface area contributed by atoms with Gasteiger partial charge in [0, 0.05) is 25.6 Å². The van der Waals surface area contributed by atoms with E-state index in [4.69, 9.17) is 21.1 Å². The number of hydrogen-bond acceptors (Lipinski definition) is 4. The van der Waals surface area contributed by atoms with E-state index >= 15 is 0 Å². The fraction of sp³-hybridized carbons (Fsp3) is 0.556. The lowest BCUT2D eigenvalue weighted by molar-refractivity contribution is -0.132. The maximum atomic E-state index is 12.2. The molecule has 0 bridgehead atoms. The summed E-state index contributed by atoms with van der Waals surface area (Å²) in [6.07, 6.45) is 2.20. The van der Waals surface area contributed by atoms with Gasteiger partial charge in [0.15, 0.2) is 0 Å². The van der Waals surface area contributed by atoms with E-state index in [1.807, 2.05) is 35.2 Å². The highest BCUT2D eigenvalue weighted by molar-refractivity contribution is 6.18. The standard InChI is InChI=1S/C18H25ClN2O4/c19-10-14-25-18(23)20-15-8-11-21(12-9-15)17(22)7-4-13-24-16-5-2-1-3-6-16/h1-3,5-6,15H,4,7-14H2,(H,20,23). The van der Waals surface area contributed by atoms with E-state index in [1.54, 1.807) is 0 Å². The number of para-hydroxylation sites is 1. The number of halogens is 1. The fourth-order valence-electron chi connectivity index (χ4n) is 2.70. The van der Waals surface area contributed by atoms with Gasteiger partial charge in [-0.15, -0.1) is 11.6 Å². The third kappa shape index (κ3) is 7.22. The van der Waals surface area contributed by atoms with Crippen LogP contribution in [0.5, 0.6) is 5.75 Å². The smallest absolute Gasteiger partial charge is 0.407 e. The summed E-state index contributed by atoms with van der Waals surface area (Å²) in [5.41, 5.74) is 0. The van der Waals surface area contributed by atoms with Gasteiger partial charge in [0.1, 0.15) is 12.4 Å². The van der Waals surface area contributed by atoms with Gasteiger partial charge in [0.2, 0.25) is 5.91 Å². The molecule has 6 nitrogen and oxygen atoms in total. The van der Waals surface area contributed by atoms with Crippen LogP contribution in [0.15, 0.2) is 30.3 Å². The van der Waals surface area contributed by atoms with Crippen molar-refractivity contribution in [3.63, 3.8) is 0 Å². The third-order valence-corrected chi connectivity index (χ3v) is 4.18. The summed E-state index contributed by atoms with van der Waals surface area (Å²) in [6, 6.07) is 9.63. The lowest BCUT2D eigenvalue weighted by atomic mass is 10.0. The van der Waals surface area contributed by atoms with Gasteiger partial charge in [0.05, 0.1) is 12.5 Å².